The van der Waals surface area contributed by atoms with Crippen LogP contribution in [0, 0.1) is 0 Å². The van der Waals surface area contributed by atoms with Gasteiger partial charge in [0.1, 0.15) is 12.7 Å². The number of para-hydroxylation sites is 1. The van der Waals surface area contributed by atoms with Crippen molar-refractivity contribution in [2.24, 2.45) is 0 Å². The molecule has 0 atom stereocenters. The number of rotatable bonds is 3. The number of hydrogen-bond donors (Lipinski definition) is 1. The Kier molecular flexibility index (Phi) is 3.20. The lowest BCUT2D eigenvalue weighted by atomic mass is 10.1. The molecular weight excluding hydrogens is 242 g/mol. The van der Waals surface area contributed by atoms with E-state index in [0.29, 0.717) is 16.3 Å². The van der Waals surface area contributed by atoms with Gasteiger partial charge in [-0.2, -0.15) is 5.10 Å². The summed E-state index contributed by atoms with van der Waals surface area (Å²) in [7, 11) is 0. The number of carboxylic acids is 1. The quantitative estimate of drug-likeness (QED) is 0.845. The first kappa shape index (κ1) is 11.3. The average molecular weight is 250 g/mol. The molecule has 0 saturated heterocycles. The Labute approximate surface area is 102 Å². The monoisotopic (exact) mass is 249 g/mol. The fourth-order valence-corrected chi connectivity index (χ4v) is 1.66. The molecule has 0 saturated carbocycles. The number of benzene rings is 1. The highest BCUT2D eigenvalue weighted by molar-refractivity contribution is 6.32. The van der Waals surface area contributed by atoms with E-state index in [9.17, 15) is 4.79 Å². The molecular formula is C11H8ClN3O2. The minimum absolute atomic E-state index is 0.475. The summed E-state index contributed by atoms with van der Waals surface area (Å²) in [6, 6.07) is 5.20. The van der Waals surface area contributed by atoms with Crippen molar-refractivity contribution in [3.05, 3.63) is 47.5 Å². The van der Waals surface area contributed by atoms with Crippen LogP contribution in [-0.2, 0) is 4.79 Å². The van der Waals surface area contributed by atoms with Gasteiger partial charge in [0.05, 0.1) is 10.7 Å². The fraction of sp³-hybridized carbons (Fsp3) is 0. The lowest BCUT2D eigenvalue weighted by molar-refractivity contribution is -0.131. The van der Waals surface area contributed by atoms with Gasteiger partial charge in [-0.05, 0) is 12.1 Å². The topological polar surface area (TPSA) is 68.0 Å². The van der Waals surface area contributed by atoms with Gasteiger partial charge in [-0.3, -0.25) is 0 Å². The van der Waals surface area contributed by atoms with E-state index < -0.39 is 5.97 Å². The molecule has 0 aliphatic heterocycles. The first-order chi connectivity index (χ1) is 8.18. The number of hydrogen-bond acceptors (Lipinski definition) is 3. The van der Waals surface area contributed by atoms with E-state index in [2.05, 4.69) is 10.1 Å². The van der Waals surface area contributed by atoms with E-state index in [-0.39, 0.29) is 0 Å². The molecule has 2 rings (SSSR count). The maximum atomic E-state index is 10.5. The first-order valence-electron chi connectivity index (χ1n) is 4.73. The van der Waals surface area contributed by atoms with Crippen LogP contribution < -0.4 is 0 Å². The number of carboxylic acid groups (broad SMARTS) is 1. The highest BCUT2D eigenvalue weighted by Crippen LogP contribution is 2.24. The van der Waals surface area contributed by atoms with Gasteiger partial charge in [-0.25, -0.2) is 14.5 Å². The predicted octanol–water partition coefficient (Wildman–Crippen LogP) is 2.02. The molecule has 5 nitrogen and oxygen atoms in total. The van der Waals surface area contributed by atoms with Crippen molar-refractivity contribution in [2.45, 2.75) is 0 Å². The summed E-state index contributed by atoms with van der Waals surface area (Å²) in [5, 5.41) is 13.1. The van der Waals surface area contributed by atoms with E-state index in [1.807, 2.05) is 0 Å². The smallest absolute Gasteiger partial charge is 0.328 e. The van der Waals surface area contributed by atoms with Crippen molar-refractivity contribution in [1.29, 1.82) is 0 Å². The summed E-state index contributed by atoms with van der Waals surface area (Å²) < 4.78 is 1.49. The Balaban J connectivity index is 2.53. The third-order valence-electron chi connectivity index (χ3n) is 2.07. The summed E-state index contributed by atoms with van der Waals surface area (Å²) in [4.78, 5) is 14.3. The van der Waals surface area contributed by atoms with Crippen LogP contribution in [0.4, 0.5) is 0 Å². The third-order valence-corrected chi connectivity index (χ3v) is 2.38. The van der Waals surface area contributed by atoms with E-state index >= 15 is 0 Å². The number of carbonyl (C=O) groups is 1. The van der Waals surface area contributed by atoms with Crippen LogP contribution in [0.15, 0.2) is 36.9 Å². The summed E-state index contributed by atoms with van der Waals surface area (Å²) in [5.41, 5.74) is 1.26. The number of aliphatic carboxylic acids is 1. The lowest BCUT2D eigenvalue weighted by Gasteiger charge is -2.07. The molecule has 1 aromatic heterocycles. The zero-order chi connectivity index (χ0) is 12.3. The molecule has 6 heteroatoms. The van der Waals surface area contributed by atoms with Crippen molar-refractivity contribution >= 4 is 23.6 Å². The first-order valence-corrected chi connectivity index (χ1v) is 5.11. The maximum Gasteiger partial charge on any atom is 0.328 e. The summed E-state index contributed by atoms with van der Waals surface area (Å²) in [6.45, 7) is 0. The largest absolute Gasteiger partial charge is 0.478 e. The molecule has 0 unspecified atom stereocenters. The second-order valence-electron chi connectivity index (χ2n) is 3.19. The van der Waals surface area contributed by atoms with Crippen LogP contribution in [0.2, 0.25) is 5.02 Å². The molecule has 0 radical (unpaired) electrons. The van der Waals surface area contributed by atoms with Gasteiger partial charge < -0.3 is 5.11 Å². The molecule has 0 bridgehead atoms. The van der Waals surface area contributed by atoms with Crippen LogP contribution in [0.5, 0.6) is 0 Å². The number of halogens is 1. The Morgan fingerprint density at radius 2 is 2.29 bits per heavy atom. The highest BCUT2D eigenvalue weighted by Gasteiger charge is 2.07. The molecule has 2 aromatic rings. The molecule has 86 valence electrons. The summed E-state index contributed by atoms with van der Waals surface area (Å²) in [6.07, 6.45) is 5.39. The number of nitrogens with zero attached hydrogens (tertiary/aromatic N) is 3. The maximum absolute atomic E-state index is 10.5. The minimum Gasteiger partial charge on any atom is -0.478 e. The van der Waals surface area contributed by atoms with Crippen molar-refractivity contribution in [3.63, 3.8) is 0 Å². The molecule has 0 amide bonds. The lowest BCUT2D eigenvalue weighted by Crippen LogP contribution is -1.99. The zero-order valence-corrected chi connectivity index (χ0v) is 9.37. The Hall–Kier alpha value is -2.14. The van der Waals surface area contributed by atoms with Gasteiger partial charge in [0.2, 0.25) is 0 Å². The highest BCUT2D eigenvalue weighted by atomic mass is 35.5. The van der Waals surface area contributed by atoms with E-state index in [1.165, 1.54) is 23.4 Å². The molecule has 0 spiro atoms. The molecule has 17 heavy (non-hydrogen) atoms. The van der Waals surface area contributed by atoms with Gasteiger partial charge in [0.15, 0.2) is 0 Å². The number of aromatic nitrogens is 3. The SMILES string of the molecule is O=C(O)/C=C/c1cccc(Cl)c1-n1cncn1. The van der Waals surface area contributed by atoms with Crippen LogP contribution in [0.1, 0.15) is 5.56 Å². The molecule has 1 heterocycles. The predicted molar refractivity (Wildman–Crippen MR) is 63.0 cm³/mol. The second kappa shape index (κ2) is 4.80. The van der Waals surface area contributed by atoms with Crippen molar-refractivity contribution < 1.29 is 9.90 Å². The van der Waals surface area contributed by atoms with Gasteiger partial charge in [0, 0.05) is 11.6 Å². The van der Waals surface area contributed by atoms with E-state index in [4.69, 9.17) is 16.7 Å². The second-order valence-corrected chi connectivity index (χ2v) is 3.60. The van der Waals surface area contributed by atoms with Crippen LogP contribution >= 0.6 is 11.6 Å². The average Bonchev–Trinajstić information content (AvgIpc) is 2.79. The third kappa shape index (κ3) is 2.51. The van der Waals surface area contributed by atoms with Gasteiger partial charge in [-0.15, -0.1) is 0 Å². The molecule has 1 aromatic carbocycles. The van der Waals surface area contributed by atoms with Gasteiger partial charge in [-0.1, -0.05) is 23.7 Å². The van der Waals surface area contributed by atoms with Crippen molar-refractivity contribution in [1.82, 2.24) is 14.8 Å². The summed E-state index contributed by atoms with van der Waals surface area (Å²) in [5.74, 6) is -1.02. The van der Waals surface area contributed by atoms with Crippen LogP contribution in [0.3, 0.4) is 0 Å². The van der Waals surface area contributed by atoms with Gasteiger partial charge in [0.25, 0.3) is 0 Å². The molecule has 1 N–H and O–H groups in total. The fourth-order valence-electron chi connectivity index (χ4n) is 1.39. The van der Waals surface area contributed by atoms with Crippen LogP contribution in [-0.4, -0.2) is 25.8 Å². The van der Waals surface area contributed by atoms with Crippen molar-refractivity contribution in [3.8, 4) is 5.69 Å². The summed E-state index contributed by atoms with van der Waals surface area (Å²) >= 11 is 6.07. The Morgan fingerprint density at radius 3 is 2.94 bits per heavy atom. The normalized spacial score (nSPS) is 10.9. The van der Waals surface area contributed by atoms with Crippen LogP contribution in [0.25, 0.3) is 11.8 Å². The molecule has 0 fully saturated rings. The Bertz CT molecular complexity index is 564. The minimum atomic E-state index is -1.02. The van der Waals surface area contributed by atoms with Crippen molar-refractivity contribution in [2.75, 3.05) is 0 Å². The Morgan fingerprint density at radius 1 is 1.47 bits per heavy atom. The van der Waals surface area contributed by atoms with E-state index in [0.717, 1.165) is 6.08 Å². The zero-order valence-electron chi connectivity index (χ0n) is 8.62. The molecule has 0 aliphatic rings. The van der Waals surface area contributed by atoms with E-state index in [1.54, 1.807) is 18.2 Å². The van der Waals surface area contributed by atoms with Gasteiger partial charge >= 0.3 is 5.97 Å². The molecule has 0 aliphatic carbocycles. The standard InChI is InChI=1S/C11H8ClN3O2/c12-9-3-1-2-8(4-5-10(16)17)11(9)15-7-13-6-14-15/h1-7H,(H,16,17)/b5-4+.